The van der Waals surface area contributed by atoms with Crippen LogP contribution in [-0.4, -0.2) is 46.3 Å². The van der Waals surface area contributed by atoms with Gasteiger partial charge in [-0.2, -0.15) is 0 Å². The SMILES string of the molecule is CO/N=C1/CC2(C(=O)O)CCC1N2C(=O)c1ccc(-c2ccccc2C)cc1. The lowest BCUT2D eigenvalue weighted by atomic mass is 9.86. The van der Waals surface area contributed by atoms with Gasteiger partial charge in [-0.05, 0) is 48.6 Å². The Hall–Kier alpha value is -3.15. The van der Waals surface area contributed by atoms with Crippen molar-refractivity contribution in [1.29, 1.82) is 0 Å². The summed E-state index contributed by atoms with van der Waals surface area (Å²) in [7, 11) is 1.43. The summed E-state index contributed by atoms with van der Waals surface area (Å²) < 4.78 is 0. The summed E-state index contributed by atoms with van der Waals surface area (Å²) in [4.78, 5) is 31.7. The number of oxime groups is 1. The maximum absolute atomic E-state index is 13.2. The van der Waals surface area contributed by atoms with Gasteiger partial charge in [-0.3, -0.25) is 4.79 Å². The lowest BCUT2D eigenvalue weighted by Crippen LogP contribution is -2.50. The highest BCUT2D eigenvalue weighted by molar-refractivity contribution is 6.09. The van der Waals surface area contributed by atoms with E-state index in [4.69, 9.17) is 4.84 Å². The molecule has 1 N–H and O–H groups in total. The van der Waals surface area contributed by atoms with E-state index < -0.39 is 11.5 Å². The molecule has 2 aliphatic heterocycles. The van der Waals surface area contributed by atoms with Gasteiger partial charge in [-0.15, -0.1) is 0 Å². The highest BCUT2D eigenvalue weighted by atomic mass is 16.6. The Balaban J connectivity index is 1.67. The highest BCUT2D eigenvalue weighted by Gasteiger charge is 2.62. The van der Waals surface area contributed by atoms with Crippen molar-refractivity contribution >= 4 is 17.6 Å². The van der Waals surface area contributed by atoms with Gasteiger partial charge < -0.3 is 14.8 Å². The molecule has 2 aromatic rings. The molecule has 0 aliphatic carbocycles. The van der Waals surface area contributed by atoms with Gasteiger partial charge in [0.25, 0.3) is 5.91 Å². The summed E-state index contributed by atoms with van der Waals surface area (Å²) in [5.41, 5.74) is 3.17. The first-order valence-electron chi connectivity index (χ1n) is 9.31. The van der Waals surface area contributed by atoms with Crippen LogP contribution in [0.2, 0.25) is 0 Å². The van der Waals surface area contributed by atoms with Crippen LogP contribution in [0, 0.1) is 6.92 Å². The number of benzene rings is 2. The molecule has 144 valence electrons. The second kappa shape index (κ2) is 6.78. The Morgan fingerprint density at radius 1 is 1.18 bits per heavy atom. The smallest absolute Gasteiger partial charge is 0.330 e. The van der Waals surface area contributed by atoms with Crippen LogP contribution < -0.4 is 0 Å². The minimum atomic E-state index is -1.23. The van der Waals surface area contributed by atoms with Crippen molar-refractivity contribution in [1.82, 2.24) is 4.90 Å². The Labute approximate surface area is 163 Å². The molecule has 6 heteroatoms. The van der Waals surface area contributed by atoms with E-state index in [1.807, 2.05) is 43.3 Å². The fourth-order valence-corrected chi connectivity index (χ4v) is 4.49. The monoisotopic (exact) mass is 378 g/mol. The molecule has 2 atom stereocenters. The number of hydrogen-bond acceptors (Lipinski definition) is 4. The van der Waals surface area contributed by atoms with Crippen molar-refractivity contribution in [3.05, 3.63) is 59.7 Å². The van der Waals surface area contributed by atoms with Crippen molar-refractivity contribution < 1.29 is 19.5 Å². The van der Waals surface area contributed by atoms with E-state index in [2.05, 4.69) is 5.16 Å². The van der Waals surface area contributed by atoms with Gasteiger partial charge in [0.2, 0.25) is 0 Å². The second-order valence-corrected chi connectivity index (χ2v) is 7.40. The normalized spacial score (nSPS) is 24.6. The molecule has 6 nitrogen and oxygen atoms in total. The summed E-state index contributed by atoms with van der Waals surface area (Å²) >= 11 is 0. The lowest BCUT2D eigenvalue weighted by molar-refractivity contribution is -0.147. The summed E-state index contributed by atoms with van der Waals surface area (Å²) in [6, 6.07) is 15.1. The van der Waals surface area contributed by atoms with Gasteiger partial charge in [-0.25, -0.2) is 4.79 Å². The number of carbonyl (C=O) groups is 2. The first-order valence-corrected chi connectivity index (χ1v) is 9.31. The zero-order valence-electron chi connectivity index (χ0n) is 15.9. The summed E-state index contributed by atoms with van der Waals surface area (Å²) in [6.07, 6.45) is 1.23. The number of carboxylic acids is 1. The molecule has 0 saturated carbocycles. The Morgan fingerprint density at radius 2 is 1.89 bits per heavy atom. The van der Waals surface area contributed by atoms with E-state index in [0.717, 1.165) is 16.7 Å². The number of hydrogen-bond donors (Lipinski definition) is 1. The number of carboxylic acid groups (broad SMARTS) is 1. The average Bonchev–Trinajstić information content (AvgIpc) is 3.23. The molecule has 4 rings (SSSR count). The molecular weight excluding hydrogens is 356 g/mol. The topological polar surface area (TPSA) is 79.2 Å². The van der Waals surface area contributed by atoms with Crippen molar-refractivity contribution in [2.24, 2.45) is 5.16 Å². The molecule has 0 radical (unpaired) electrons. The summed E-state index contributed by atoms with van der Waals surface area (Å²) in [5.74, 6) is -1.26. The number of amides is 1. The second-order valence-electron chi connectivity index (χ2n) is 7.40. The molecule has 2 bridgehead atoms. The molecule has 2 aliphatic rings. The number of aliphatic carboxylic acids is 1. The number of nitrogens with zero attached hydrogens (tertiary/aromatic N) is 2. The molecule has 28 heavy (non-hydrogen) atoms. The van der Waals surface area contributed by atoms with Crippen LogP contribution in [0.3, 0.4) is 0 Å². The first-order chi connectivity index (χ1) is 13.5. The molecule has 0 aromatic heterocycles. The largest absolute Gasteiger partial charge is 0.479 e. The number of fused-ring (bicyclic) bond motifs is 2. The summed E-state index contributed by atoms with van der Waals surface area (Å²) in [6.45, 7) is 2.05. The van der Waals surface area contributed by atoms with Gasteiger partial charge in [0, 0.05) is 12.0 Å². The zero-order chi connectivity index (χ0) is 19.9. The van der Waals surface area contributed by atoms with Crippen LogP contribution >= 0.6 is 0 Å². The van der Waals surface area contributed by atoms with E-state index in [1.165, 1.54) is 12.0 Å². The fourth-order valence-electron chi connectivity index (χ4n) is 4.49. The molecular formula is C22H22N2O4. The fraction of sp³-hybridized carbons (Fsp3) is 0.318. The summed E-state index contributed by atoms with van der Waals surface area (Å²) in [5, 5.41) is 13.9. The third-order valence-corrected chi connectivity index (χ3v) is 5.88. The van der Waals surface area contributed by atoms with Crippen LogP contribution in [0.4, 0.5) is 0 Å². The highest BCUT2D eigenvalue weighted by Crippen LogP contribution is 2.46. The maximum atomic E-state index is 13.2. The van der Waals surface area contributed by atoms with Gasteiger partial charge in [-0.1, -0.05) is 41.6 Å². The molecule has 2 fully saturated rings. The van der Waals surface area contributed by atoms with E-state index in [-0.39, 0.29) is 18.4 Å². The van der Waals surface area contributed by atoms with Crippen molar-refractivity contribution in [2.75, 3.05) is 7.11 Å². The third kappa shape index (κ3) is 2.68. The van der Waals surface area contributed by atoms with E-state index in [1.54, 1.807) is 12.1 Å². The van der Waals surface area contributed by atoms with Crippen LogP contribution in [0.15, 0.2) is 53.7 Å². The maximum Gasteiger partial charge on any atom is 0.330 e. The average molecular weight is 378 g/mol. The van der Waals surface area contributed by atoms with Crippen LogP contribution in [-0.2, 0) is 9.63 Å². The molecule has 1 amide bonds. The van der Waals surface area contributed by atoms with Gasteiger partial charge >= 0.3 is 5.97 Å². The lowest BCUT2D eigenvalue weighted by Gasteiger charge is -2.30. The number of rotatable bonds is 4. The molecule has 0 spiro atoms. The third-order valence-electron chi connectivity index (χ3n) is 5.88. The van der Waals surface area contributed by atoms with E-state index in [0.29, 0.717) is 24.1 Å². The quantitative estimate of drug-likeness (QED) is 0.826. The minimum Gasteiger partial charge on any atom is -0.479 e. The van der Waals surface area contributed by atoms with Crippen LogP contribution in [0.5, 0.6) is 0 Å². The van der Waals surface area contributed by atoms with Crippen molar-refractivity contribution in [3.8, 4) is 11.1 Å². The zero-order valence-corrected chi connectivity index (χ0v) is 15.9. The standard InChI is InChI=1S/C22H22N2O4/c1-14-5-3-4-6-17(14)15-7-9-16(10-8-15)20(25)24-19-11-12-22(24,21(26)27)13-18(19)23-28-2/h3-10,19H,11-13H2,1-2H3,(H,26,27)/b23-18-. The van der Waals surface area contributed by atoms with Crippen molar-refractivity contribution in [2.45, 2.75) is 37.8 Å². The number of carbonyl (C=O) groups excluding carboxylic acids is 1. The van der Waals surface area contributed by atoms with E-state index in [9.17, 15) is 14.7 Å². The number of aryl methyl sites for hydroxylation is 1. The van der Waals surface area contributed by atoms with Gasteiger partial charge in [0.1, 0.15) is 12.6 Å². The predicted molar refractivity (Wildman–Crippen MR) is 105 cm³/mol. The van der Waals surface area contributed by atoms with Gasteiger partial charge in [0.05, 0.1) is 11.8 Å². The van der Waals surface area contributed by atoms with Crippen LogP contribution in [0.1, 0.15) is 35.2 Å². The Bertz CT molecular complexity index is 967. The Morgan fingerprint density at radius 3 is 2.54 bits per heavy atom. The predicted octanol–water partition coefficient (Wildman–Crippen LogP) is 3.50. The molecule has 2 aromatic carbocycles. The first kappa shape index (κ1) is 18.2. The Kier molecular flexibility index (Phi) is 4.41. The minimum absolute atomic E-state index is 0.216. The van der Waals surface area contributed by atoms with Crippen LogP contribution in [0.25, 0.3) is 11.1 Å². The molecule has 2 saturated heterocycles. The van der Waals surface area contributed by atoms with Gasteiger partial charge in [0.15, 0.2) is 0 Å². The molecule has 2 unspecified atom stereocenters. The molecule has 2 heterocycles. The van der Waals surface area contributed by atoms with E-state index >= 15 is 0 Å². The van der Waals surface area contributed by atoms with Crippen molar-refractivity contribution in [3.63, 3.8) is 0 Å².